The lowest BCUT2D eigenvalue weighted by molar-refractivity contribution is 0.105. The minimum atomic E-state index is 0.400. The maximum atomic E-state index is 5.56. The smallest absolute Gasteiger partial charge is 0.0713 e. The molecule has 0 radical (unpaired) electrons. The first-order chi connectivity index (χ1) is 8.79. The molecule has 100 valence electrons. The Bertz CT molecular complexity index is 367. The zero-order valence-corrected chi connectivity index (χ0v) is 11.3. The highest BCUT2D eigenvalue weighted by molar-refractivity contribution is 5.22. The summed E-state index contributed by atoms with van der Waals surface area (Å²) in [4.78, 5) is 0. The van der Waals surface area contributed by atoms with Crippen molar-refractivity contribution in [3.8, 4) is 0 Å². The molecule has 18 heavy (non-hydrogen) atoms. The molecular weight excluding hydrogens is 226 g/mol. The van der Waals surface area contributed by atoms with Gasteiger partial charge in [0.1, 0.15) is 0 Å². The van der Waals surface area contributed by atoms with Gasteiger partial charge in [0.15, 0.2) is 0 Å². The quantitative estimate of drug-likeness (QED) is 0.839. The van der Waals surface area contributed by atoms with Crippen molar-refractivity contribution in [1.82, 2.24) is 5.32 Å². The lowest BCUT2D eigenvalue weighted by Crippen LogP contribution is -2.26. The molecule has 1 N–H and O–H groups in total. The molecule has 1 aromatic carbocycles. The third kappa shape index (κ3) is 3.80. The van der Waals surface area contributed by atoms with Crippen LogP contribution in [-0.4, -0.2) is 26.4 Å². The topological polar surface area (TPSA) is 30.5 Å². The van der Waals surface area contributed by atoms with E-state index in [1.807, 2.05) is 0 Å². The fourth-order valence-corrected chi connectivity index (χ4v) is 2.44. The second-order valence-electron chi connectivity index (χ2n) is 5.01. The van der Waals surface area contributed by atoms with Gasteiger partial charge in [-0.25, -0.2) is 0 Å². The molecule has 0 aliphatic carbocycles. The summed E-state index contributed by atoms with van der Waals surface area (Å²) in [5.74, 6) is 0.659. The third-order valence-corrected chi connectivity index (χ3v) is 3.57. The van der Waals surface area contributed by atoms with Crippen LogP contribution in [0, 0.1) is 5.92 Å². The van der Waals surface area contributed by atoms with E-state index in [-0.39, 0.29) is 0 Å². The Kier molecular flexibility index (Phi) is 5.17. The van der Waals surface area contributed by atoms with Gasteiger partial charge in [0.2, 0.25) is 0 Å². The predicted molar refractivity (Wildman–Crippen MR) is 72.4 cm³/mol. The van der Waals surface area contributed by atoms with Crippen molar-refractivity contribution < 1.29 is 9.47 Å². The van der Waals surface area contributed by atoms with Crippen LogP contribution in [0.15, 0.2) is 24.3 Å². The highest BCUT2D eigenvalue weighted by Gasteiger charge is 2.23. The lowest BCUT2D eigenvalue weighted by Gasteiger charge is -2.15. The molecule has 2 unspecified atom stereocenters. The van der Waals surface area contributed by atoms with Crippen LogP contribution in [0.4, 0.5) is 0 Å². The monoisotopic (exact) mass is 249 g/mol. The third-order valence-electron chi connectivity index (χ3n) is 3.57. The molecule has 1 aliphatic rings. The van der Waals surface area contributed by atoms with Crippen molar-refractivity contribution in [2.75, 3.05) is 20.3 Å². The molecule has 0 saturated carbocycles. The van der Waals surface area contributed by atoms with E-state index < -0.39 is 0 Å². The average Bonchev–Trinajstić information content (AvgIpc) is 2.76. The molecule has 2 rings (SSSR count). The van der Waals surface area contributed by atoms with Gasteiger partial charge < -0.3 is 14.8 Å². The van der Waals surface area contributed by atoms with Gasteiger partial charge in [0, 0.05) is 26.8 Å². The van der Waals surface area contributed by atoms with E-state index in [4.69, 9.17) is 9.47 Å². The molecule has 0 spiro atoms. The average molecular weight is 249 g/mol. The molecule has 1 aromatic rings. The fraction of sp³-hybridized carbons (Fsp3) is 0.600. The van der Waals surface area contributed by atoms with Crippen molar-refractivity contribution in [3.63, 3.8) is 0 Å². The van der Waals surface area contributed by atoms with E-state index in [0.29, 0.717) is 18.6 Å². The summed E-state index contributed by atoms with van der Waals surface area (Å²) in [5, 5.41) is 3.52. The number of methoxy groups -OCH3 is 1. The van der Waals surface area contributed by atoms with Crippen molar-refractivity contribution in [2.24, 2.45) is 5.92 Å². The first kappa shape index (κ1) is 13.5. The number of hydrogen-bond donors (Lipinski definition) is 1. The molecule has 3 heteroatoms. The molecule has 1 heterocycles. The zero-order valence-electron chi connectivity index (χ0n) is 11.3. The molecule has 1 saturated heterocycles. The van der Waals surface area contributed by atoms with Crippen LogP contribution in [-0.2, 0) is 22.6 Å². The van der Waals surface area contributed by atoms with E-state index in [2.05, 4.69) is 36.5 Å². The van der Waals surface area contributed by atoms with Gasteiger partial charge in [0.05, 0.1) is 12.7 Å². The van der Waals surface area contributed by atoms with Gasteiger partial charge in [-0.3, -0.25) is 0 Å². The minimum Gasteiger partial charge on any atom is -0.380 e. The van der Waals surface area contributed by atoms with Crippen LogP contribution >= 0.6 is 0 Å². The second-order valence-corrected chi connectivity index (χ2v) is 5.01. The van der Waals surface area contributed by atoms with Gasteiger partial charge >= 0.3 is 0 Å². The van der Waals surface area contributed by atoms with E-state index >= 15 is 0 Å². The summed E-state index contributed by atoms with van der Waals surface area (Å²) < 4.78 is 10.7. The van der Waals surface area contributed by atoms with Gasteiger partial charge in [0.25, 0.3) is 0 Å². The summed E-state index contributed by atoms with van der Waals surface area (Å²) in [7, 11) is 1.73. The number of rotatable bonds is 6. The number of benzene rings is 1. The van der Waals surface area contributed by atoms with Gasteiger partial charge in [-0.15, -0.1) is 0 Å². The van der Waals surface area contributed by atoms with Gasteiger partial charge in [-0.05, 0) is 30.4 Å². The summed E-state index contributed by atoms with van der Waals surface area (Å²) in [6.07, 6.45) is 1.58. The molecule has 0 bridgehead atoms. The maximum absolute atomic E-state index is 5.56. The van der Waals surface area contributed by atoms with Crippen molar-refractivity contribution >= 4 is 0 Å². The largest absolute Gasteiger partial charge is 0.380 e. The van der Waals surface area contributed by atoms with Crippen LogP contribution in [0.3, 0.4) is 0 Å². The predicted octanol–water partition coefficient (Wildman–Crippen LogP) is 2.35. The second kappa shape index (κ2) is 6.88. The SMILES string of the molecule is COCc1cccc(CNCC2CCOC2C)c1. The maximum Gasteiger partial charge on any atom is 0.0713 e. The Hall–Kier alpha value is -0.900. The molecular formula is C15H23NO2. The van der Waals surface area contributed by atoms with Crippen molar-refractivity contribution in [2.45, 2.75) is 32.6 Å². The summed E-state index contributed by atoms with van der Waals surface area (Å²) in [6.45, 7) is 5.72. The van der Waals surface area contributed by atoms with E-state index in [0.717, 1.165) is 19.7 Å². The van der Waals surface area contributed by atoms with Crippen molar-refractivity contribution in [3.05, 3.63) is 35.4 Å². The molecule has 3 nitrogen and oxygen atoms in total. The minimum absolute atomic E-state index is 0.400. The van der Waals surface area contributed by atoms with Crippen LogP contribution in [0.5, 0.6) is 0 Å². The molecule has 0 amide bonds. The first-order valence-electron chi connectivity index (χ1n) is 6.68. The highest BCUT2D eigenvalue weighted by atomic mass is 16.5. The van der Waals surface area contributed by atoms with Crippen molar-refractivity contribution in [1.29, 1.82) is 0 Å². The van der Waals surface area contributed by atoms with Crippen LogP contribution in [0.2, 0.25) is 0 Å². The van der Waals surface area contributed by atoms with Gasteiger partial charge in [-0.2, -0.15) is 0 Å². The summed E-state index contributed by atoms with van der Waals surface area (Å²) >= 11 is 0. The lowest BCUT2D eigenvalue weighted by atomic mass is 10.0. The van der Waals surface area contributed by atoms with E-state index in [1.165, 1.54) is 17.5 Å². The number of hydrogen-bond acceptors (Lipinski definition) is 3. The molecule has 0 aromatic heterocycles. The first-order valence-corrected chi connectivity index (χ1v) is 6.68. The normalized spacial score (nSPS) is 23.4. The Morgan fingerprint density at radius 3 is 2.94 bits per heavy atom. The fourth-order valence-electron chi connectivity index (χ4n) is 2.44. The highest BCUT2D eigenvalue weighted by Crippen LogP contribution is 2.19. The number of nitrogens with one attached hydrogen (secondary N) is 1. The summed E-state index contributed by atoms with van der Waals surface area (Å²) in [6, 6.07) is 8.54. The number of ether oxygens (including phenoxy) is 2. The zero-order chi connectivity index (χ0) is 12.8. The van der Waals surface area contributed by atoms with Crippen LogP contribution in [0.25, 0.3) is 0 Å². The molecule has 2 atom stereocenters. The summed E-state index contributed by atoms with van der Waals surface area (Å²) in [5.41, 5.74) is 2.55. The Morgan fingerprint density at radius 2 is 2.22 bits per heavy atom. The van der Waals surface area contributed by atoms with Crippen LogP contribution < -0.4 is 5.32 Å². The Labute approximate surface area is 109 Å². The standard InChI is InChI=1S/C15H23NO2/c1-12-15(6-7-18-12)10-16-9-13-4-3-5-14(8-13)11-17-2/h3-5,8,12,15-16H,6-7,9-11H2,1-2H3. The Morgan fingerprint density at radius 1 is 1.39 bits per heavy atom. The van der Waals surface area contributed by atoms with E-state index in [1.54, 1.807) is 7.11 Å². The van der Waals surface area contributed by atoms with E-state index in [9.17, 15) is 0 Å². The Balaban J connectivity index is 1.77. The van der Waals surface area contributed by atoms with Gasteiger partial charge in [-0.1, -0.05) is 24.3 Å². The van der Waals surface area contributed by atoms with Crippen LogP contribution in [0.1, 0.15) is 24.5 Å². The molecule has 1 aliphatic heterocycles. The molecule has 1 fully saturated rings.